The lowest BCUT2D eigenvalue weighted by molar-refractivity contribution is 0.581. The van der Waals surface area contributed by atoms with Crippen molar-refractivity contribution in [2.45, 2.75) is 32.2 Å². The molecule has 6 heteroatoms. The molecular formula is C14H18F2N2S2. The second-order valence-electron chi connectivity index (χ2n) is 4.77. The molecule has 0 unspecified atom stereocenters. The maximum absolute atomic E-state index is 13.6. The Hall–Kier alpha value is -0.880. The topological polar surface area (TPSA) is 20.7 Å². The Morgan fingerprint density at radius 3 is 2.70 bits per heavy atom. The number of thioether (sulfide) groups is 1. The van der Waals surface area contributed by atoms with E-state index in [0.717, 1.165) is 18.9 Å². The Morgan fingerprint density at radius 1 is 1.20 bits per heavy atom. The van der Waals surface area contributed by atoms with E-state index in [2.05, 4.69) is 11.2 Å². The van der Waals surface area contributed by atoms with Gasteiger partial charge >= 0.3 is 0 Å². The van der Waals surface area contributed by atoms with E-state index in [1.165, 1.54) is 24.7 Å². The number of nitrogens with one attached hydrogen (secondary N) is 1. The molecule has 0 saturated heterocycles. The summed E-state index contributed by atoms with van der Waals surface area (Å²) >= 11 is 7.05. The minimum atomic E-state index is -0.593. The molecule has 0 aliphatic carbocycles. The largest absolute Gasteiger partial charge is 0.328 e. The molecule has 0 saturated carbocycles. The molecule has 0 radical (unpaired) electrons. The zero-order chi connectivity index (χ0) is 14.5. The SMILES string of the molecule is CSCCCCCCn1c(=S)[nH]c2c(F)cc(F)cc21. The molecular weight excluding hydrogens is 298 g/mol. The van der Waals surface area contributed by atoms with Gasteiger partial charge in [-0.2, -0.15) is 11.8 Å². The minimum Gasteiger partial charge on any atom is -0.328 e. The van der Waals surface area contributed by atoms with Gasteiger partial charge in [0, 0.05) is 12.6 Å². The van der Waals surface area contributed by atoms with Gasteiger partial charge < -0.3 is 9.55 Å². The van der Waals surface area contributed by atoms with Gasteiger partial charge in [0.1, 0.15) is 11.3 Å². The van der Waals surface area contributed by atoms with Gasteiger partial charge in [0.05, 0.1) is 5.52 Å². The molecule has 0 bridgehead atoms. The Bertz CT molecular complexity index is 634. The van der Waals surface area contributed by atoms with Crippen LogP contribution in [0.3, 0.4) is 0 Å². The number of hydrogen-bond donors (Lipinski definition) is 1. The van der Waals surface area contributed by atoms with E-state index in [0.29, 0.717) is 22.3 Å². The molecule has 0 aliphatic heterocycles. The summed E-state index contributed by atoms with van der Waals surface area (Å²) in [5, 5.41) is 0. The Kier molecular flexibility index (Phi) is 5.60. The number of nitrogens with zero attached hydrogens (tertiary/aromatic N) is 1. The normalized spacial score (nSPS) is 11.3. The van der Waals surface area contributed by atoms with Gasteiger partial charge in [0.25, 0.3) is 0 Å². The van der Waals surface area contributed by atoms with Crippen LogP contribution in [0, 0.1) is 16.4 Å². The van der Waals surface area contributed by atoms with E-state index < -0.39 is 11.6 Å². The Labute approximate surface area is 126 Å². The number of aromatic amines is 1. The first-order valence-electron chi connectivity index (χ1n) is 6.70. The highest BCUT2D eigenvalue weighted by Gasteiger charge is 2.10. The van der Waals surface area contributed by atoms with Gasteiger partial charge in [-0.1, -0.05) is 12.8 Å². The lowest BCUT2D eigenvalue weighted by Crippen LogP contribution is -1.98. The molecule has 2 rings (SSSR count). The first kappa shape index (κ1) is 15.5. The maximum Gasteiger partial charge on any atom is 0.178 e. The van der Waals surface area contributed by atoms with Crippen LogP contribution in [0.5, 0.6) is 0 Å². The lowest BCUT2D eigenvalue weighted by Gasteiger charge is -2.05. The molecule has 110 valence electrons. The summed E-state index contributed by atoms with van der Waals surface area (Å²) in [5.41, 5.74) is 0.801. The van der Waals surface area contributed by atoms with Crippen molar-refractivity contribution in [2.24, 2.45) is 0 Å². The molecule has 1 N–H and O–H groups in total. The first-order chi connectivity index (χ1) is 9.63. The number of unbranched alkanes of at least 4 members (excludes halogenated alkanes) is 3. The van der Waals surface area contributed by atoms with Crippen molar-refractivity contribution in [3.63, 3.8) is 0 Å². The van der Waals surface area contributed by atoms with Crippen molar-refractivity contribution >= 4 is 35.0 Å². The van der Waals surface area contributed by atoms with Gasteiger partial charge in [-0.05, 0) is 43.1 Å². The van der Waals surface area contributed by atoms with E-state index in [-0.39, 0.29) is 0 Å². The molecule has 0 amide bonds. The monoisotopic (exact) mass is 316 g/mol. The Morgan fingerprint density at radius 2 is 1.95 bits per heavy atom. The van der Waals surface area contributed by atoms with Crippen molar-refractivity contribution < 1.29 is 8.78 Å². The molecule has 1 heterocycles. The molecule has 0 spiro atoms. The highest BCUT2D eigenvalue weighted by atomic mass is 32.2. The van der Waals surface area contributed by atoms with E-state index in [4.69, 9.17) is 12.2 Å². The molecule has 20 heavy (non-hydrogen) atoms. The second kappa shape index (κ2) is 7.22. The molecule has 0 fully saturated rings. The summed E-state index contributed by atoms with van der Waals surface area (Å²) in [6.45, 7) is 0.695. The smallest absolute Gasteiger partial charge is 0.178 e. The van der Waals surface area contributed by atoms with Crippen LogP contribution in [0.25, 0.3) is 11.0 Å². The number of benzene rings is 1. The van der Waals surface area contributed by atoms with Crippen LogP contribution in [-0.2, 0) is 6.54 Å². The third-order valence-corrected chi connectivity index (χ3v) is 4.30. The number of rotatable bonds is 7. The third-order valence-electron chi connectivity index (χ3n) is 3.28. The molecule has 0 atom stereocenters. The van der Waals surface area contributed by atoms with Gasteiger partial charge in [-0.25, -0.2) is 8.78 Å². The van der Waals surface area contributed by atoms with Crippen LogP contribution in [0.1, 0.15) is 25.7 Å². The van der Waals surface area contributed by atoms with Crippen LogP contribution < -0.4 is 0 Å². The molecule has 2 nitrogen and oxygen atoms in total. The number of imidazole rings is 1. The average Bonchev–Trinajstić information content (AvgIpc) is 2.71. The van der Waals surface area contributed by atoms with Crippen LogP contribution in [0.4, 0.5) is 8.78 Å². The fourth-order valence-electron chi connectivity index (χ4n) is 2.27. The van der Waals surface area contributed by atoms with E-state index in [9.17, 15) is 8.78 Å². The molecule has 1 aromatic heterocycles. The highest BCUT2D eigenvalue weighted by Crippen LogP contribution is 2.20. The molecule has 2 aromatic rings. The number of H-pyrrole nitrogens is 1. The standard InChI is InChI=1S/C14H18F2N2S2/c1-20-7-5-3-2-4-6-18-12-9-10(15)8-11(16)13(12)17-14(18)19/h8-9H,2-7H2,1H3,(H,17,19). The third kappa shape index (κ3) is 3.61. The average molecular weight is 316 g/mol. The van der Waals surface area contributed by atoms with Gasteiger partial charge in [0.2, 0.25) is 0 Å². The van der Waals surface area contributed by atoms with Crippen molar-refractivity contribution in [3.05, 3.63) is 28.5 Å². The highest BCUT2D eigenvalue weighted by molar-refractivity contribution is 7.98. The Balaban J connectivity index is 2.06. The number of hydrogen-bond acceptors (Lipinski definition) is 2. The zero-order valence-corrected chi connectivity index (χ0v) is 13.0. The summed E-state index contributed by atoms with van der Waals surface area (Å²) in [6.07, 6.45) is 6.57. The van der Waals surface area contributed by atoms with Crippen LogP contribution in [0.2, 0.25) is 0 Å². The van der Waals surface area contributed by atoms with Crippen molar-refractivity contribution in [1.29, 1.82) is 0 Å². The van der Waals surface area contributed by atoms with E-state index in [1.54, 1.807) is 4.57 Å². The predicted molar refractivity (Wildman–Crippen MR) is 83.9 cm³/mol. The lowest BCUT2D eigenvalue weighted by atomic mass is 10.2. The van der Waals surface area contributed by atoms with Crippen LogP contribution in [0.15, 0.2) is 12.1 Å². The first-order valence-corrected chi connectivity index (χ1v) is 8.50. The molecule has 1 aromatic carbocycles. The van der Waals surface area contributed by atoms with Crippen molar-refractivity contribution in [3.8, 4) is 0 Å². The molecule has 0 aliphatic rings. The number of aromatic nitrogens is 2. The fraction of sp³-hybridized carbons (Fsp3) is 0.500. The maximum atomic E-state index is 13.6. The van der Waals surface area contributed by atoms with Crippen molar-refractivity contribution in [2.75, 3.05) is 12.0 Å². The summed E-state index contributed by atoms with van der Waals surface area (Å²) in [4.78, 5) is 2.82. The minimum absolute atomic E-state index is 0.291. The summed E-state index contributed by atoms with van der Waals surface area (Å²) in [7, 11) is 0. The van der Waals surface area contributed by atoms with E-state index in [1.807, 2.05) is 11.8 Å². The summed E-state index contributed by atoms with van der Waals surface area (Å²) < 4.78 is 29.2. The van der Waals surface area contributed by atoms with Crippen LogP contribution in [-0.4, -0.2) is 21.6 Å². The van der Waals surface area contributed by atoms with Gasteiger partial charge in [-0.3, -0.25) is 0 Å². The van der Waals surface area contributed by atoms with Crippen molar-refractivity contribution in [1.82, 2.24) is 9.55 Å². The fourth-order valence-corrected chi connectivity index (χ4v) is 3.06. The number of fused-ring (bicyclic) bond motifs is 1. The quantitative estimate of drug-likeness (QED) is 0.579. The number of aryl methyl sites for hydroxylation is 1. The van der Waals surface area contributed by atoms with Gasteiger partial charge in [0.15, 0.2) is 10.6 Å². The van der Waals surface area contributed by atoms with Crippen LogP contribution >= 0.6 is 24.0 Å². The number of halogens is 2. The summed E-state index contributed by atoms with van der Waals surface area (Å²) in [6, 6.07) is 2.21. The zero-order valence-electron chi connectivity index (χ0n) is 11.4. The van der Waals surface area contributed by atoms with Gasteiger partial charge in [-0.15, -0.1) is 0 Å². The van der Waals surface area contributed by atoms with E-state index >= 15 is 0 Å². The predicted octanol–water partition coefficient (Wildman–Crippen LogP) is 4.90. The summed E-state index contributed by atoms with van der Waals surface area (Å²) in [5.74, 6) is 0.0192. The second-order valence-corrected chi connectivity index (χ2v) is 6.14.